The number of nitrogens with one attached hydrogen (secondary N) is 2. The fraction of sp³-hybridized carbons (Fsp3) is 0.350. The van der Waals surface area contributed by atoms with Gasteiger partial charge in [-0.2, -0.15) is 15.5 Å². The minimum atomic E-state index is -0.268. The summed E-state index contributed by atoms with van der Waals surface area (Å²) >= 11 is 1.31. The van der Waals surface area contributed by atoms with E-state index in [0.717, 1.165) is 37.2 Å². The van der Waals surface area contributed by atoms with Gasteiger partial charge in [0.25, 0.3) is 5.91 Å². The molecule has 1 unspecified atom stereocenters. The van der Waals surface area contributed by atoms with Crippen molar-refractivity contribution in [3.05, 3.63) is 53.1 Å². The normalized spacial score (nSPS) is 16.4. The van der Waals surface area contributed by atoms with Crippen LogP contribution in [-0.2, 0) is 6.54 Å². The van der Waals surface area contributed by atoms with E-state index in [1.165, 1.54) is 11.3 Å². The number of amides is 1. The van der Waals surface area contributed by atoms with Gasteiger partial charge in [-0.05, 0) is 37.1 Å². The molecule has 11 heteroatoms. The van der Waals surface area contributed by atoms with Crippen LogP contribution in [0.3, 0.4) is 0 Å². The Bertz CT molecular complexity index is 1070. The first-order valence-corrected chi connectivity index (χ1v) is 10.8. The average molecular weight is 436 g/mol. The van der Waals surface area contributed by atoms with E-state index in [1.54, 1.807) is 30.0 Å². The third-order valence-corrected chi connectivity index (χ3v) is 5.71. The first-order valence-electron chi connectivity index (χ1n) is 9.90. The smallest absolute Gasteiger partial charge is 0.271 e. The Morgan fingerprint density at radius 1 is 1.29 bits per heavy atom. The Hall–Kier alpha value is -3.49. The van der Waals surface area contributed by atoms with Gasteiger partial charge in [0.2, 0.25) is 5.95 Å². The molecule has 10 nitrogen and oxygen atoms in total. The molecule has 1 amide bonds. The molecule has 158 valence electrons. The van der Waals surface area contributed by atoms with E-state index in [9.17, 15) is 4.79 Å². The Labute approximate surface area is 183 Å². The number of carbonyl (C=O) groups excluding carboxylic acids is 1. The summed E-state index contributed by atoms with van der Waals surface area (Å²) in [5.41, 5.74) is 2.13. The van der Waals surface area contributed by atoms with Crippen molar-refractivity contribution in [1.82, 2.24) is 35.4 Å². The summed E-state index contributed by atoms with van der Waals surface area (Å²) in [4.78, 5) is 27.7. The van der Waals surface area contributed by atoms with E-state index in [-0.39, 0.29) is 11.8 Å². The summed E-state index contributed by atoms with van der Waals surface area (Å²) in [6.45, 7) is 2.55. The van der Waals surface area contributed by atoms with Crippen LogP contribution in [0.5, 0.6) is 0 Å². The van der Waals surface area contributed by atoms with Crippen LogP contribution < -0.4 is 10.6 Å². The standard InChI is InChI=1S/C20H21N9OS/c21-5-9-29-8-1-2-15(12-29)16-4-6-22-19(26-16)28-20-27-17(13-31-20)18(30)23-10-14-3-7-24-25-11-14/h3-4,6-7,11,13,15H,1-2,8-10,12H2,(H,23,30)(H,22,26,27,28). The number of thiazole rings is 1. The van der Waals surface area contributed by atoms with E-state index in [1.807, 2.05) is 6.07 Å². The second-order valence-corrected chi connectivity index (χ2v) is 7.99. The molecule has 0 bridgehead atoms. The summed E-state index contributed by atoms with van der Waals surface area (Å²) in [5, 5.41) is 24.6. The summed E-state index contributed by atoms with van der Waals surface area (Å²) in [5.74, 6) is 0.445. The van der Waals surface area contributed by atoms with Gasteiger partial charge in [0, 0.05) is 36.8 Å². The first kappa shape index (κ1) is 20.8. The van der Waals surface area contributed by atoms with Gasteiger partial charge >= 0.3 is 0 Å². The topological polar surface area (TPSA) is 133 Å². The molecule has 1 aliphatic rings. The van der Waals surface area contributed by atoms with E-state index in [2.05, 4.69) is 46.8 Å². The van der Waals surface area contributed by atoms with Crippen molar-refractivity contribution >= 4 is 28.3 Å². The van der Waals surface area contributed by atoms with Crippen molar-refractivity contribution in [3.8, 4) is 6.07 Å². The highest BCUT2D eigenvalue weighted by Gasteiger charge is 2.22. The molecule has 1 aliphatic heterocycles. The van der Waals surface area contributed by atoms with Crippen LogP contribution in [0, 0.1) is 11.3 Å². The SMILES string of the molecule is N#CCN1CCCC(c2ccnc(Nc3nc(C(=O)NCc4ccnnc4)cs3)n2)C1. The lowest BCUT2D eigenvalue weighted by molar-refractivity contribution is 0.0946. The van der Waals surface area contributed by atoms with Crippen molar-refractivity contribution in [1.29, 1.82) is 5.26 Å². The fourth-order valence-corrected chi connectivity index (χ4v) is 4.11. The molecule has 0 spiro atoms. The third-order valence-electron chi connectivity index (χ3n) is 4.95. The molecule has 2 N–H and O–H groups in total. The average Bonchev–Trinajstić information content (AvgIpc) is 3.27. The molecule has 4 rings (SSSR count). The molecule has 1 atom stereocenters. The number of anilines is 2. The van der Waals surface area contributed by atoms with E-state index in [0.29, 0.717) is 29.9 Å². The van der Waals surface area contributed by atoms with E-state index in [4.69, 9.17) is 5.26 Å². The highest BCUT2D eigenvalue weighted by molar-refractivity contribution is 7.14. The molecule has 3 aromatic heterocycles. The number of aromatic nitrogens is 5. The number of hydrogen-bond acceptors (Lipinski definition) is 10. The van der Waals surface area contributed by atoms with Gasteiger partial charge in [-0.1, -0.05) is 0 Å². The van der Waals surface area contributed by atoms with Crippen molar-refractivity contribution in [2.45, 2.75) is 25.3 Å². The summed E-state index contributed by atoms with van der Waals surface area (Å²) in [7, 11) is 0. The fourth-order valence-electron chi connectivity index (χ4n) is 3.43. The Morgan fingerprint density at radius 3 is 3.06 bits per heavy atom. The summed E-state index contributed by atoms with van der Waals surface area (Å²) < 4.78 is 0. The second-order valence-electron chi connectivity index (χ2n) is 7.13. The number of rotatable bonds is 7. The molecule has 1 saturated heterocycles. The monoisotopic (exact) mass is 435 g/mol. The number of carbonyl (C=O) groups is 1. The molecule has 0 saturated carbocycles. The van der Waals surface area contributed by atoms with Gasteiger partial charge in [0.1, 0.15) is 5.69 Å². The maximum Gasteiger partial charge on any atom is 0.271 e. The van der Waals surface area contributed by atoms with Crippen molar-refractivity contribution in [2.24, 2.45) is 0 Å². The Kier molecular flexibility index (Phi) is 6.71. The highest BCUT2D eigenvalue weighted by atomic mass is 32.1. The van der Waals surface area contributed by atoms with Gasteiger partial charge in [-0.3, -0.25) is 9.69 Å². The van der Waals surface area contributed by atoms with Crippen LogP contribution in [-0.4, -0.2) is 55.6 Å². The molecule has 3 aromatic rings. The van der Waals surface area contributed by atoms with Gasteiger partial charge in [0.05, 0.1) is 24.5 Å². The van der Waals surface area contributed by atoms with Crippen LogP contribution in [0.1, 0.15) is 40.5 Å². The van der Waals surface area contributed by atoms with Crippen LogP contribution in [0.2, 0.25) is 0 Å². The molecular weight excluding hydrogens is 414 g/mol. The predicted molar refractivity (Wildman–Crippen MR) is 115 cm³/mol. The van der Waals surface area contributed by atoms with Crippen LogP contribution in [0.25, 0.3) is 0 Å². The van der Waals surface area contributed by atoms with Gasteiger partial charge in [0.15, 0.2) is 5.13 Å². The number of nitrogens with zero attached hydrogens (tertiary/aromatic N) is 7. The molecule has 4 heterocycles. The minimum absolute atomic E-state index is 0.268. The molecule has 31 heavy (non-hydrogen) atoms. The van der Waals surface area contributed by atoms with Gasteiger partial charge in [-0.15, -0.1) is 11.3 Å². The summed E-state index contributed by atoms with van der Waals surface area (Å²) in [6, 6.07) is 5.92. The molecule has 0 radical (unpaired) electrons. The van der Waals surface area contributed by atoms with Crippen LogP contribution in [0.15, 0.2) is 36.1 Å². The van der Waals surface area contributed by atoms with Crippen molar-refractivity contribution in [2.75, 3.05) is 25.0 Å². The minimum Gasteiger partial charge on any atom is -0.347 e. The molecule has 0 aliphatic carbocycles. The quantitative estimate of drug-likeness (QED) is 0.535. The number of hydrogen-bond donors (Lipinski definition) is 2. The lowest BCUT2D eigenvalue weighted by atomic mass is 9.94. The highest BCUT2D eigenvalue weighted by Crippen LogP contribution is 2.26. The molecule has 0 aromatic carbocycles. The molecule has 1 fully saturated rings. The molecular formula is C20H21N9OS. The van der Waals surface area contributed by atoms with Crippen molar-refractivity contribution < 1.29 is 4.79 Å². The lowest BCUT2D eigenvalue weighted by Crippen LogP contribution is -2.34. The predicted octanol–water partition coefficient (Wildman–Crippen LogP) is 2.10. The maximum absolute atomic E-state index is 12.3. The second kappa shape index (κ2) is 10.0. The van der Waals surface area contributed by atoms with Crippen molar-refractivity contribution in [3.63, 3.8) is 0 Å². The summed E-state index contributed by atoms with van der Waals surface area (Å²) in [6.07, 6.45) is 6.98. The van der Waals surface area contributed by atoms with Gasteiger partial charge in [-0.25, -0.2) is 15.0 Å². The van der Waals surface area contributed by atoms with E-state index >= 15 is 0 Å². The largest absolute Gasteiger partial charge is 0.347 e. The lowest BCUT2D eigenvalue weighted by Gasteiger charge is -2.30. The third kappa shape index (κ3) is 5.56. The number of piperidine rings is 1. The zero-order valence-corrected chi connectivity index (χ0v) is 17.5. The van der Waals surface area contributed by atoms with Gasteiger partial charge < -0.3 is 10.6 Å². The van der Waals surface area contributed by atoms with E-state index < -0.39 is 0 Å². The number of likely N-dealkylation sites (tertiary alicyclic amines) is 1. The van der Waals surface area contributed by atoms with Crippen LogP contribution >= 0.6 is 11.3 Å². The maximum atomic E-state index is 12.3. The zero-order valence-electron chi connectivity index (χ0n) is 16.7. The zero-order chi connectivity index (χ0) is 21.5. The Morgan fingerprint density at radius 2 is 2.23 bits per heavy atom. The first-order chi connectivity index (χ1) is 15.2. The Balaban J connectivity index is 1.37. The number of nitriles is 1. The van der Waals surface area contributed by atoms with Crippen LogP contribution in [0.4, 0.5) is 11.1 Å².